The molecule has 1 fully saturated rings. The third-order valence-electron chi connectivity index (χ3n) is 6.84. The molecule has 0 radical (unpaired) electrons. The molecule has 154 valence electrons. The number of amides is 1. The lowest BCUT2D eigenvalue weighted by molar-refractivity contribution is 0.0588. The fourth-order valence-electron chi connectivity index (χ4n) is 5.43. The second kappa shape index (κ2) is 6.42. The third-order valence-corrected chi connectivity index (χ3v) is 6.84. The van der Waals surface area contributed by atoms with Crippen LogP contribution < -0.4 is 5.56 Å². The molecular weight excluding hydrogens is 380 g/mol. The van der Waals surface area contributed by atoms with Crippen LogP contribution in [0.2, 0.25) is 0 Å². The van der Waals surface area contributed by atoms with E-state index in [-0.39, 0.29) is 23.3 Å². The fraction of sp³-hybridized carbons (Fsp3) is 0.455. The van der Waals surface area contributed by atoms with E-state index in [0.29, 0.717) is 36.7 Å². The van der Waals surface area contributed by atoms with Crippen molar-refractivity contribution in [3.05, 3.63) is 58.0 Å². The summed E-state index contributed by atoms with van der Waals surface area (Å²) < 4.78 is 5.75. The van der Waals surface area contributed by atoms with Crippen LogP contribution in [0.3, 0.4) is 0 Å². The number of imidazole rings is 1. The highest BCUT2D eigenvalue weighted by molar-refractivity contribution is 5.92. The number of carbonyl (C=O) groups is 1. The molecule has 3 aliphatic heterocycles. The first-order chi connectivity index (χ1) is 14.6. The predicted octanol–water partition coefficient (Wildman–Crippen LogP) is 1.65. The molecule has 0 spiro atoms. The van der Waals surface area contributed by atoms with E-state index in [9.17, 15) is 9.59 Å². The maximum absolute atomic E-state index is 13.2. The summed E-state index contributed by atoms with van der Waals surface area (Å²) in [7, 11) is 1.90. The lowest BCUT2D eigenvalue weighted by atomic mass is 9.83. The van der Waals surface area contributed by atoms with Gasteiger partial charge in [-0.2, -0.15) is 5.10 Å². The van der Waals surface area contributed by atoms with Gasteiger partial charge in [-0.05, 0) is 43.4 Å². The minimum Gasteiger partial charge on any atom is -0.336 e. The maximum Gasteiger partial charge on any atom is 0.274 e. The first-order valence-corrected chi connectivity index (χ1v) is 10.7. The molecule has 6 heterocycles. The van der Waals surface area contributed by atoms with Crippen LogP contribution in [0.5, 0.6) is 0 Å². The second-order valence-electron chi connectivity index (χ2n) is 8.81. The van der Waals surface area contributed by atoms with Crippen molar-refractivity contribution < 1.29 is 4.79 Å². The van der Waals surface area contributed by atoms with Crippen molar-refractivity contribution in [3.63, 3.8) is 0 Å². The molecule has 3 aromatic rings. The normalized spacial score (nSPS) is 22.1. The van der Waals surface area contributed by atoms with Gasteiger partial charge in [-0.1, -0.05) is 0 Å². The van der Waals surface area contributed by atoms with Crippen molar-refractivity contribution in [1.29, 1.82) is 0 Å². The van der Waals surface area contributed by atoms with E-state index >= 15 is 0 Å². The average molecular weight is 404 g/mol. The second-order valence-corrected chi connectivity index (χ2v) is 8.81. The van der Waals surface area contributed by atoms with Crippen LogP contribution in [0, 0.1) is 5.92 Å². The van der Waals surface area contributed by atoms with E-state index in [0.717, 1.165) is 37.2 Å². The average Bonchev–Trinajstić information content (AvgIpc) is 3.44. The Bertz CT molecular complexity index is 1200. The monoisotopic (exact) mass is 404 g/mol. The lowest BCUT2D eigenvalue weighted by Crippen LogP contribution is -2.49. The Morgan fingerprint density at radius 3 is 2.90 bits per heavy atom. The molecule has 6 rings (SSSR count). The molecule has 0 unspecified atom stereocenters. The summed E-state index contributed by atoms with van der Waals surface area (Å²) >= 11 is 0. The van der Waals surface area contributed by atoms with Gasteiger partial charge < -0.3 is 14.0 Å². The van der Waals surface area contributed by atoms with E-state index in [2.05, 4.69) is 10.1 Å². The minimum atomic E-state index is 0.0156. The number of rotatable bonds is 2. The SMILES string of the molecule is Cn1ccnc1-c1ccc2n(c1=O)C[C@H]1C[C@@H]2CN(C(=O)c2cc3n(n2)CCC3)C1. The summed E-state index contributed by atoms with van der Waals surface area (Å²) in [6, 6.07) is 5.89. The molecule has 0 saturated carbocycles. The minimum absolute atomic E-state index is 0.0156. The Hall–Kier alpha value is -3.16. The number of piperidine rings is 1. The molecule has 2 atom stereocenters. The van der Waals surface area contributed by atoms with Gasteiger partial charge in [0.05, 0.1) is 5.56 Å². The molecule has 30 heavy (non-hydrogen) atoms. The molecule has 3 aliphatic rings. The molecule has 0 aliphatic carbocycles. The smallest absolute Gasteiger partial charge is 0.274 e. The van der Waals surface area contributed by atoms with Gasteiger partial charge in [0.25, 0.3) is 11.5 Å². The van der Waals surface area contributed by atoms with Crippen molar-refractivity contribution in [2.24, 2.45) is 13.0 Å². The molecule has 8 heteroatoms. The van der Waals surface area contributed by atoms with Gasteiger partial charge in [0, 0.05) is 62.9 Å². The Kier molecular flexibility index (Phi) is 3.78. The number of hydrogen-bond donors (Lipinski definition) is 0. The zero-order chi connectivity index (χ0) is 20.4. The highest BCUT2D eigenvalue weighted by Crippen LogP contribution is 2.36. The lowest BCUT2D eigenvalue weighted by Gasteiger charge is -2.42. The van der Waals surface area contributed by atoms with Gasteiger partial charge in [-0.25, -0.2) is 4.98 Å². The first-order valence-electron chi connectivity index (χ1n) is 10.7. The molecule has 8 nitrogen and oxygen atoms in total. The zero-order valence-electron chi connectivity index (χ0n) is 17.0. The number of carbonyl (C=O) groups excluding carboxylic acids is 1. The highest BCUT2D eigenvalue weighted by Gasteiger charge is 2.37. The van der Waals surface area contributed by atoms with Crippen molar-refractivity contribution in [3.8, 4) is 11.4 Å². The quantitative estimate of drug-likeness (QED) is 0.651. The molecule has 0 N–H and O–H groups in total. The number of aryl methyl sites for hydroxylation is 3. The van der Waals surface area contributed by atoms with Crippen LogP contribution in [0.1, 0.15) is 40.6 Å². The Labute approximate surface area is 173 Å². The van der Waals surface area contributed by atoms with Crippen LogP contribution in [-0.2, 0) is 26.6 Å². The van der Waals surface area contributed by atoms with Crippen molar-refractivity contribution in [2.75, 3.05) is 13.1 Å². The van der Waals surface area contributed by atoms with Crippen LogP contribution >= 0.6 is 0 Å². The highest BCUT2D eigenvalue weighted by atomic mass is 16.2. The molecule has 1 saturated heterocycles. The topological polar surface area (TPSA) is 78.0 Å². The fourth-order valence-corrected chi connectivity index (χ4v) is 5.43. The number of aromatic nitrogens is 5. The largest absolute Gasteiger partial charge is 0.336 e. The van der Waals surface area contributed by atoms with E-state index < -0.39 is 0 Å². The molecule has 0 aromatic carbocycles. The van der Waals surface area contributed by atoms with Crippen molar-refractivity contribution in [2.45, 2.75) is 38.3 Å². The summed E-state index contributed by atoms with van der Waals surface area (Å²) in [6.45, 7) is 2.86. The zero-order valence-corrected chi connectivity index (χ0v) is 17.0. The van der Waals surface area contributed by atoms with E-state index in [1.165, 1.54) is 0 Å². The molecule has 1 amide bonds. The Morgan fingerprint density at radius 1 is 1.20 bits per heavy atom. The Morgan fingerprint density at radius 2 is 2.10 bits per heavy atom. The summed E-state index contributed by atoms with van der Waals surface area (Å²) in [6.07, 6.45) is 6.69. The van der Waals surface area contributed by atoms with E-state index in [1.807, 2.05) is 50.2 Å². The summed E-state index contributed by atoms with van der Waals surface area (Å²) in [5.41, 5.74) is 3.40. The van der Waals surface area contributed by atoms with Crippen LogP contribution in [-0.4, -0.2) is 47.8 Å². The summed E-state index contributed by atoms with van der Waals surface area (Å²) in [4.78, 5) is 32.6. The van der Waals surface area contributed by atoms with Gasteiger partial charge in [0.1, 0.15) is 5.82 Å². The maximum atomic E-state index is 13.2. The van der Waals surface area contributed by atoms with Gasteiger partial charge >= 0.3 is 0 Å². The van der Waals surface area contributed by atoms with E-state index in [1.54, 1.807) is 6.20 Å². The standard InChI is InChI=1S/C22H24N6O2/c1-25-8-6-23-20(25)17-4-5-19-15-9-14(12-27(19)21(17)29)11-26(13-15)22(30)18-10-16-3-2-7-28(16)24-18/h4-6,8,10,14-15H,2-3,7,9,11-13H2,1H3/t14-,15+/m0/s1. The van der Waals surface area contributed by atoms with Gasteiger partial charge in [-0.15, -0.1) is 0 Å². The van der Waals surface area contributed by atoms with Gasteiger partial charge in [0.15, 0.2) is 5.69 Å². The van der Waals surface area contributed by atoms with Crippen molar-refractivity contribution >= 4 is 5.91 Å². The Balaban J connectivity index is 1.31. The van der Waals surface area contributed by atoms with Crippen LogP contribution in [0.25, 0.3) is 11.4 Å². The van der Waals surface area contributed by atoms with Crippen LogP contribution in [0.4, 0.5) is 0 Å². The molecule has 2 bridgehead atoms. The van der Waals surface area contributed by atoms with Gasteiger partial charge in [0.2, 0.25) is 0 Å². The number of hydrogen-bond acceptors (Lipinski definition) is 4. The first kappa shape index (κ1) is 17.7. The number of likely N-dealkylation sites (tertiary alicyclic amines) is 1. The predicted molar refractivity (Wildman–Crippen MR) is 110 cm³/mol. The van der Waals surface area contributed by atoms with Crippen LogP contribution in [0.15, 0.2) is 35.4 Å². The summed E-state index contributed by atoms with van der Waals surface area (Å²) in [5.74, 6) is 1.17. The molecular formula is C22H24N6O2. The third kappa shape index (κ3) is 2.59. The number of nitrogens with zero attached hydrogens (tertiary/aromatic N) is 6. The summed E-state index contributed by atoms with van der Waals surface area (Å²) in [5, 5.41) is 4.53. The molecule has 3 aromatic heterocycles. The van der Waals surface area contributed by atoms with Crippen molar-refractivity contribution in [1.82, 2.24) is 28.8 Å². The number of fused-ring (bicyclic) bond motifs is 5. The van der Waals surface area contributed by atoms with E-state index in [4.69, 9.17) is 0 Å². The number of pyridine rings is 1. The van der Waals surface area contributed by atoms with Gasteiger partial charge in [-0.3, -0.25) is 14.3 Å².